The summed E-state index contributed by atoms with van der Waals surface area (Å²) in [5.74, 6) is 0.204. The molecule has 2 rings (SSSR count). The van der Waals surface area contributed by atoms with Crippen molar-refractivity contribution in [3.05, 3.63) is 0 Å². The first-order valence-electron chi connectivity index (χ1n) is 6.47. The van der Waals surface area contributed by atoms with Crippen LogP contribution in [0.1, 0.15) is 19.8 Å². The summed E-state index contributed by atoms with van der Waals surface area (Å²) < 4.78 is 5.84. The Morgan fingerprint density at radius 1 is 1.47 bits per heavy atom. The molecule has 0 aromatic carbocycles. The van der Waals surface area contributed by atoms with E-state index in [0.29, 0.717) is 50.0 Å². The van der Waals surface area contributed by atoms with E-state index < -0.39 is 0 Å². The van der Waals surface area contributed by atoms with Crippen molar-refractivity contribution in [2.45, 2.75) is 25.0 Å². The summed E-state index contributed by atoms with van der Waals surface area (Å²) in [6, 6.07) is 0. The highest BCUT2D eigenvalue weighted by molar-refractivity contribution is 8.24. The van der Waals surface area contributed by atoms with Gasteiger partial charge in [-0.1, -0.05) is 24.0 Å². The summed E-state index contributed by atoms with van der Waals surface area (Å²) >= 11 is 6.57. The van der Waals surface area contributed by atoms with Gasteiger partial charge in [0.25, 0.3) is 0 Å². The van der Waals surface area contributed by atoms with Gasteiger partial charge in [0.05, 0.1) is 18.5 Å². The first kappa shape index (κ1) is 14.7. The minimum absolute atomic E-state index is 0.0637. The van der Waals surface area contributed by atoms with E-state index in [1.54, 1.807) is 4.90 Å². The van der Waals surface area contributed by atoms with Crippen molar-refractivity contribution in [3.63, 3.8) is 0 Å². The van der Waals surface area contributed by atoms with Crippen LogP contribution in [-0.2, 0) is 14.3 Å². The molecule has 2 saturated heterocycles. The second-order valence-electron chi connectivity index (χ2n) is 4.61. The zero-order valence-corrected chi connectivity index (χ0v) is 12.6. The highest BCUT2D eigenvalue weighted by Crippen LogP contribution is 2.26. The summed E-state index contributed by atoms with van der Waals surface area (Å²) in [6.45, 7) is 4.99. The molecule has 2 aliphatic rings. The molecule has 1 unspecified atom stereocenters. The van der Waals surface area contributed by atoms with Crippen molar-refractivity contribution < 1.29 is 14.3 Å². The SMILES string of the molecule is CC1SC(=S)N(CCCC(=O)N2CCOCC2)C1=O. The lowest BCUT2D eigenvalue weighted by atomic mass is 10.2. The molecule has 2 amide bonds. The van der Waals surface area contributed by atoms with Crippen molar-refractivity contribution in [2.75, 3.05) is 32.8 Å². The predicted octanol–water partition coefficient (Wildman–Crippen LogP) is 0.874. The molecule has 2 aliphatic heterocycles. The topological polar surface area (TPSA) is 49.9 Å². The second kappa shape index (κ2) is 6.67. The zero-order chi connectivity index (χ0) is 13.8. The van der Waals surface area contributed by atoms with Crippen LogP contribution in [0, 0.1) is 0 Å². The van der Waals surface area contributed by atoms with Crippen LogP contribution >= 0.6 is 24.0 Å². The molecule has 0 aliphatic carbocycles. The van der Waals surface area contributed by atoms with E-state index in [-0.39, 0.29) is 17.1 Å². The minimum Gasteiger partial charge on any atom is -0.378 e. The van der Waals surface area contributed by atoms with Crippen LogP contribution in [0.2, 0.25) is 0 Å². The van der Waals surface area contributed by atoms with Crippen molar-refractivity contribution in [3.8, 4) is 0 Å². The number of thiocarbonyl (C=S) groups is 1. The van der Waals surface area contributed by atoms with Gasteiger partial charge in [0.2, 0.25) is 11.8 Å². The molecule has 0 bridgehead atoms. The first-order valence-corrected chi connectivity index (χ1v) is 7.76. The lowest BCUT2D eigenvalue weighted by Gasteiger charge is -2.27. The van der Waals surface area contributed by atoms with Crippen molar-refractivity contribution >= 4 is 40.1 Å². The summed E-state index contributed by atoms with van der Waals surface area (Å²) in [4.78, 5) is 27.2. The largest absolute Gasteiger partial charge is 0.378 e. The number of thioether (sulfide) groups is 1. The Balaban J connectivity index is 1.72. The maximum absolute atomic E-state index is 11.9. The number of amides is 2. The summed E-state index contributed by atoms with van der Waals surface area (Å²) in [5.41, 5.74) is 0. The number of ether oxygens (including phenoxy) is 1. The van der Waals surface area contributed by atoms with Crippen LogP contribution in [0.15, 0.2) is 0 Å². The average Bonchev–Trinajstić information content (AvgIpc) is 2.66. The number of carbonyl (C=O) groups excluding carboxylic acids is 2. The molecular weight excluding hydrogens is 284 g/mol. The quantitative estimate of drug-likeness (QED) is 0.721. The van der Waals surface area contributed by atoms with Gasteiger partial charge in [-0.3, -0.25) is 14.5 Å². The molecule has 2 heterocycles. The molecule has 5 nitrogen and oxygen atoms in total. The molecule has 1 atom stereocenters. The molecule has 2 fully saturated rings. The summed E-state index contributed by atoms with van der Waals surface area (Å²) in [5, 5.41) is -0.0811. The Morgan fingerprint density at radius 2 is 2.16 bits per heavy atom. The van der Waals surface area contributed by atoms with E-state index in [2.05, 4.69) is 0 Å². The third kappa shape index (κ3) is 3.67. The molecule has 19 heavy (non-hydrogen) atoms. The van der Waals surface area contributed by atoms with Crippen LogP contribution < -0.4 is 0 Å². The molecular formula is C12H18N2O3S2. The number of hydrogen-bond donors (Lipinski definition) is 0. The smallest absolute Gasteiger partial charge is 0.241 e. The molecule has 106 valence electrons. The standard InChI is InChI=1S/C12H18N2O3S2/c1-9-11(16)14(12(18)19-9)4-2-3-10(15)13-5-7-17-8-6-13/h9H,2-8H2,1H3. The highest BCUT2D eigenvalue weighted by Gasteiger charge is 2.33. The van der Waals surface area contributed by atoms with Crippen LogP contribution in [-0.4, -0.2) is 64.0 Å². The normalized spacial score (nSPS) is 24.2. The van der Waals surface area contributed by atoms with Crippen molar-refractivity contribution in [1.29, 1.82) is 0 Å². The predicted molar refractivity (Wildman–Crippen MR) is 78.0 cm³/mol. The van der Waals surface area contributed by atoms with Crippen LogP contribution in [0.5, 0.6) is 0 Å². The van der Waals surface area contributed by atoms with Gasteiger partial charge in [-0.2, -0.15) is 0 Å². The van der Waals surface area contributed by atoms with Gasteiger partial charge in [0.1, 0.15) is 4.32 Å². The van der Waals surface area contributed by atoms with Gasteiger partial charge < -0.3 is 9.64 Å². The fourth-order valence-corrected chi connectivity index (χ4v) is 3.59. The summed E-state index contributed by atoms with van der Waals surface area (Å²) in [7, 11) is 0. The molecule has 7 heteroatoms. The van der Waals surface area contributed by atoms with Crippen molar-refractivity contribution in [1.82, 2.24) is 9.80 Å². The maximum atomic E-state index is 11.9. The third-order valence-electron chi connectivity index (χ3n) is 3.25. The van der Waals surface area contributed by atoms with E-state index in [0.717, 1.165) is 0 Å². The fourth-order valence-electron chi connectivity index (χ4n) is 2.14. The monoisotopic (exact) mass is 302 g/mol. The van der Waals surface area contributed by atoms with E-state index >= 15 is 0 Å². The Morgan fingerprint density at radius 3 is 2.74 bits per heavy atom. The third-order valence-corrected chi connectivity index (χ3v) is 4.73. The fraction of sp³-hybridized carbons (Fsp3) is 0.750. The van der Waals surface area contributed by atoms with Gasteiger partial charge in [-0.15, -0.1) is 0 Å². The van der Waals surface area contributed by atoms with Crippen molar-refractivity contribution in [2.24, 2.45) is 0 Å². The van der Waals surface area contributed by atoms with E-state index in [1.807, 2.05) is 11.8 Å². The Bertz CT molecular complexity index is 383. The number of carbonyl (C=O) groups is 2. The lowest BCUT2D eigenvalue weighted by molar-refractivity contribution is -0.135. The van der Waals surface area contributed by atoms with E-state index in [9.17, 15) is 9.59 Å². The summed E-state index contributed by atoms with van der Waals surface area (Å²) in [6.07, 6.45) is 1.13. The van der Waals surface area contributed by atoms with E-state index in [4.69, 9.17) is 17.0 Å². The van der Waals surface area contributed by atoms with Gasteiger partial charge >= 0.3 is 0 Å². The van der Waals surface area contributed by atoms with Gasteiger partial charge in [0.15, 0.2) is 0 Å². The maximum Gasteiger partial charge on any atom is 0.241 e. The molecule has 0 saturated carbocycles. The lowest BCUT2D eigenvalue weighted by Crippen LogP contribution is -2.41. The second-order valence-corrected chi connectivity index (χ2v) is 6.59. The molecule has 0 aromatic rings. The Kier molecular flexibility index (Phi) is 5.18. The average molecular weight is 302 g/mol. The van der Waals surface area contributed by atoms with Crippen LogP contribution in [0.25, 0.3) is 0 Å². The molecule has 0 spiro atoms. The molecule has 0 radical (unpaired) electrons. The zero-order valence-electron chi connectivity index (χ0n) is 11.0. The van der Waals surface area contributed by atoms with Crippen LogP contribution in [0.4, 0.5) is 0 Å². The molecule has 0 aromatic heterocycles. The van der Waals surface area contributed by atoms with Crippen LogP contribution in [0.3, 0.4) is 0 Å². The Hall–Kier alpha value is -0.660. The highest BCUT2D eigenvalue weighted by atomic mass is 32.2. The van der Waals surface area contributed by atoms with E-state index in [1.165, 1.54) is 11.8 Å². The Labute approximate surface area is 122 Å². The first-order chi connectivity index (χ1) is 9.09. The van der Waals surface area contributed by atoms with Gasteiger partial charge in [-0.25, -0.2) is 0 Å². The van der Waals surface area contributed by atoms with Gasteiger partial charge in [0, 0.05) is 26.1 Å². The van der Waals surface area contributed by atoms with Gasteiger partial charge in [-0.05, 0) is 13.3 Å². The minimum atomic E-state index is -0.0811. The number of hydrogen-bond acceptors (Lipinski definition) is 5. The number of rotatable bonds is 4. The number of morpholine rings is 1. The molecule has 0 N–H and O–H groups in total. The number of nitrogens with zero attached hydrogens (tertiary/aromatic N) is 2.